The van der Waals surface area contributed by atoms with Gasteiger partial charge >= 0.3 is 11.9 Å². The van der Waals surface area contributed by atoms with Crippen molar-refractivity contribution in [2.24, 2.45) is 11.8 Å². The molecule has 3 atom stereocenters. The lowest BCUT2D eigenvalue weighted by Crippen LogP contribution is -2.09. The van der Waals surface area contributed by atoms with Gasteiger partial charge in [-0.3, -0.25) is 9.59 Å². The number of cyclic esters (lactones) is 2. The van der Waals surface area contributed by atoms with Gasteiger partial charge in [0.1, 0.15) is 6.17 Å². The Morgan fingerprint density at radius 1 is 1.18 bits per heavy atom. The van der Waals surface area contributed by atoms with Gasteiger partial charge in [-0.2, -0.15) is 0 Å². The minimum absolute atomic E-state index is 0.162. The van der Waals surface area contributed by atoms with Crippen LogP contribution in [0, 0.1) is 11.8 Å². The molecule has 1 aliphatic carbocycles. The van der Waals surface area contributed by atoms with E-state index in [0.717, 1.165) is 0 Å². The van der Waals surface area contributed by atoms with Crippen molar-refractivity contribution in [2.75, 3.05) is 0 Å². The van der Waals surface area contributed by atoms with Crippen molar-refractivity contribution in [1.82, 2.24) is 0 Å². The van der Waals surface area contributed by atoms with Crippen LogP contribution in [0.25, 0.3) is 0 Å². The van der Waals surface area contributed by atoms with E-state index in [4.69, 9.17) is 0 Å². The minimum Gasteiger partial charge on any atom is -0.393 e. The van der Waals surface area contributed by atoms with E-state index in [1.54, 1.807) is 0 Å². The maximum absolute atomic E-state index is 12.6. The van der Waals surface area contributed by atoms with Crippen LogP contribution in [-0.2, 0) is 14.3 Å². The van der Waals surface area contributed by atoms with Crippen molar-refractivity contribution in [3.63, 3.8) is 0 Å². The highest BCUT2D eigenvalue weighted by molar-refractivity contribution is 5.96. The van der Waals surface area contributed by atoms with Gasteiger partial charge in [0.15, 0.2) is 0 Å². The summed E-state index contributed by atoms with van der Waals surface area (Å²) >= 11 is 0. The molecule has 0 amide bonds. The molecule has 0 aromatic carbocycles. The first-order valence-electron chi connectivity index (χ1n) is 3.58. The van der Waals surface area contributed by atoms with Gasteiger partial charge in [0.25, 0.3) is 0 Å². The largest absolute Gasteiger partial charge is 0.393 e. The van der Waals surface area contributed by atoms with Gasteiger partial charge in [-0.25, -0.2) is 4.39 Å². The normalized spacial score (nSPS) is 42.5. The van der Waals surface area contributed by atoms with Crippen LogP contribution >= 0.6 is 0 Å². The minimum atomic E-state index is -0.998. The number of halogens is 1. The van der Waals surface area contributed by atoms with E-state index in [1.807, 2.05) is 0 Å². The molecule has 0 N–H and O–H groups in total. The molecule has 1 aliphatic heterocycles. The highest BCUT2D eigenvalue weighted by atomic mass is 19.1. The molecule has 60 valence electrons. The zero-order valence-corrected chi connectivity index (χ0v) is 5.75. The number of ether oxygens (including phenoxy) is 1. The average Bonchev–Trinajstić information content (AvgIpc) is 2.38. The third kappa shape index (κ3) is 0.852. The molecule has 1 unspecified atom stereocenters. The first-order chi connectivity index (χ1) is 5.18. The van der Waals surface area contributed by atoms with E-state index in [0.29, 0.717) is 0 Å². The molecule has 4 heteroatoms. The average molecular weight is 158 g/mol. The quantitative estimate of drug-likeness (QED) is 0.379. The summed E-state index contributed by atoms with van der Waals surface area (Å²) in [6.07, 6.45) is -0.674. The Kier molecular flexibility index (Phi) is 1.25. The lowest BCUT2D eigenvalue weighted by Gasteiger charge is -1.96. The van der Waals surface area contributed by atoms with Crippen LogP contribution in [0.1, 0.15) is 12.8 Å². The van der Waals surface area contributed by atoms with Gasteiger partial charge in [0.2, 0.25) is 0 Å². The van der Waals surface area contributed by atoms with Crippen LogP contribution in [0.15, 0.2) is 0 Å². The SMILES string of the molecule is O=C1OC(=O)[C@@H]2CC(F)C[C@H]12. The Morgan fingerprint density at radius 3 is 2.09 bits per heavy atom. The molecule has 0 radical (unpaired) electrons. The second-order valence-corrected chi connectivity index (χ2v) is 3.02. The summed E-state index contributed by atoms with van der Waals surface area (Å²) in [5.41, 5.74) is 0. The number of carbonyl (C=O) groups is 2. The number of hydrogen-bond acceptors (Lipinski definition) is 3. The molecule has 1 heterocycles. The topological polar surface area (TPSA) is 43.4 Å². The van der Waals surface area contributed by atoms with E-state index in [1.165, 1.54) is 0 Å². The molecule has 3 nitrogen and oxygen atoms in total. The number of fused-ring (bicyclic) bond motifs is 1. The van der Waals surface area contributed by atoms with Gasteiger partial charge in [0, 0.05) is 0 Å². The Balaban J connectivity index is 2.23. The maximum atomic E-state index is 12.6. The van der Waals surface area contributed by atoms with Gasteiger partial charge in [-0.05, 0) is 12.8 Å². The van der Waals surface area contributed by atoms with Crippen LogP contribution in [0.4, 0.5) is 4.39 Å². The van der Waals surface area contributed by atoms with E-state index in [-0.39, 0.29) is 12.8 Å². The number of rotatable bonds is 0. The van der Waals surface area contributed by atoms with Crippen LogP contribution in [0.3, 0.4) is 0 Å². The summed E-state index contributed by atoms with van der Waals surface area (Å²) in [5.74, 6) is -2.06. The molecular weight excluding hydrogens is 151 g/mol. The number of hydrogen-bond donors (Lipinski definition) is 0. The molecule has 0 spiro atoms. The third-order valence-corrected chi connectivity index (χ3v) is 2.31. The van der Waals surface area contributed by atoms with Crippen LogP contribution in [0.2, 0.25) is 0 Å². The summed E-state index contributed by atoms with van der Waals surface area (Å²) in [7, 11) is 0. The van der Waals surface area contributed by atoms with Gasteiger partial charge < -0.3 is 4.74 Å². The second-order valence-electron chi connectivity index (χ2n) is 3.02. The van der Waals surface area contributed by atoms with E-state index >= 15 is 0 Å². The fraction of sp³-hybridized carbons (Fsp3) is 0.714. The van der Waals surface area contributed by atoms with E-state index < -0.39 is 29.9 Å². The third-order valence-electron chi connectivity index (χ3n) is 2.31. The van der Waals surface area contributed by atoms with Crippen molar-refractivity contribution in [3.05, 3.63) is 0 Å². The molecule has 0 aromatic rings. The standard InChI is InChI=1S/C7H7FO3/c8-3-1-4-5(2-3)7(10)11-6(4)9/h3-5H,1-2H2/t3?,4-,5+. The van der Waals surface area contributed by atoms with Crippen molar-refractivity contribution < 1.29 is 18.7 Å². The van der Waals surface area contributed by atoms with Crippen LogP contribution < -0.4 is 0 Å². The lowest BCUT2D eigenvalue weighted by molar-refractivity contribution is -0.154. The molecule has 1 saturated carbocycles. The number of alkyl halides is 1. The van der Waals surface area contributed by atoms with Gasteiger partial charge in [-0.1, -0.05) is 0 Å². The van der Waals surface area contributed by atoms with E-state index in [2.05, 4.69) is 4.74 Å². The summed E-state index contributed by atoms with van der Waals surface area (Å²) in [5, 5.41) is 0. The fourth-order valence-corrected chi connectivity index (χ4v) is 1.75. The summed E-state index contributed by atoms with van der Waals surface area (Å²) in [6, 6.07) is 0. The zero-order valence-electron chi connectivity index (χ0n) is 5.75. The van der Waals surface area contributed by atoms with Crippen LogP contribution in [0.5, 0.6) is 0 Å². The zero-order chi connectivity index (χ0) is 8.01. The monoisotopic (exact) mass is 158 g/mol. The second kappa shape index (κ2) is 2.03. The predicted molar refractivity (Wildman–Crippen MR) is 32.2 cm³/mol. The Hall–Kier alpha value is -0.930. The first-order valence-corrected chi connectivity index (χ1v) is 3.58. The molecule has 11 heavy (non-hydrogen) atoms. The highest BCUT2D eigenvalue weighted by Gasteiger charge is 2.50. The molecule has 2 aliphatic rings. The van der Waals surface area contributed by atoms with E-state index in [9.17, 15) is 14.0 Å². The highest BCUT2D eigenvalue weighted by Crippen LogP contribution is 2.39. The lowest BCUT2D eigenvalue weighted by atomic mass is 10.00. The Labute approximate surface area is 62.5 Å². The predicted octanol–water partition coefficient (Wildman–Crippen LogP) is 0.434. The summed E-state index contributed by atoms with van der Waals surface area (Å²) in [6.45, 7) is 0. The summed E-state index contributed by atoms with van der Waals surface area (Å²) in [4.78, 5) is 21.6. The molecule has 1 saturated heterocycles. The van der Waals surface area contributed by atoms with Crippen molar-refractivity contribution in [2.45, 2.75) is 19.0 Å². The molecule has 2 fully saturated rings. The molecular formula is C7H7FO3. The van der Waals surface area contributed by atoms with Gasteiger partial charge in [-0.15, -0.1) is 0 Å². The van der Waals surface area contributed by atoms with Gasteiger partial charge in [0.05, 0.1) is 11.8 Å². The van der Waals surface area contributed by atoms with Crippen molar-refractivity contribution in [1.29, 1.82) is 0 Å². The van der Waals surface area contributed by atoms with Crippen LogP contribution in [-0.4, -0.2) is 18.1 Å². The number of carbonyl (C=O) groups excluding carboxylic acids is 2. The Bertz CT molecular complexity index is 204. The molecule has 2 rings (SSSR count). The Morgan fingerprint density at radius 2 is 1.64 bits per heavy atom. The molecule has 0 aromatic heterocycles. The summed E-state index contributed by atoms with van der Waals surface area (Å²) < 4.78 is 17.0. The molecule has 0 bridgehead atoms. The first kappa shape index (κ1) is 6.76. The fourth-order valence-electron chi connectivity index (χ4n) is 1.75. The number of esters is 2. The maximum Gasteiger partial charge on any atom is 0.317 e. The van der Waals surface area contributed by atoms with Crippen molar-refractivity contribution >= 4 is 11.9 Å². The smallest absolute Gasteiger partial charge is 0.317 e. The van der Waals surface area contributed by atoms with Crippen molar-refractivity contribution in [3.8, 4) is 0 Å².